The van der Waals surface area contributed by atoms with Crippen LogP contribution in [0.2, 0.25) is 10.0 Å². The van der Waals surface area contributed by atoms with Gasteiger partial charge in [0.25, 0.3) is 0 Å². The fraction of sp³-hybridized carbons (Fsp3) is 0.360. The number of hydrogen-bond donors (Lipinski definition) is 3. The van der Waals surface area contributed by atoms with Crippen LogP contribution in [0, 0.1) is 5.92 Å². The third-order valence-corrected chi connectivity index (χ3v) is 6.73. The van der Waals surface area contributed by atoms with E-state index in [0.29, 0.717) is 25.0 Å². The molecule has 0 saturated heterocycles. The topological polar surface area (TPSA) is 130 Å². The van der Waals surface area contributed by atoms with Crippen LogP contribution in [0.25, 0.3) is 0 Å². The van der Waals surface area contributed by atoms with Gasteiger partial charge in [0.15, 0.2) is 5.78 Å². The first-order valence-electron chi connectivity index (χ1n) is 11.1. The number of amides is 1. The Hall–Kier alpha value is -3.10. The lowest BCUT2D eigenvalue weighted by atomic mass is 10.0. The Morgan fingerprint density at radius 3 is 2.37 bits per heavy atom. The highest BCUT2D eigenvalue weighted by atomic mass is 35.5. The van der Waals surface area contributed by atoms with Crippen molar-refractivity contribution in [1.29, 1.82) is 0 Å². The Morgan fingerprint density at radius 2 is 1.71 bits per heavy atom. The maximum Gasteiger partial charge on any atom is 0.326 e. The number of carbonyl (C=O) groups excluding carboxylic acids is 2. The number of Topliss-reactive ketones (excluding diaryl/α,β-unsaturated/α-hetero) is 1. The Morgan fingerprint density at radius 1 is 1.00 bits per heavy atom. The van der Waals surface area contributed by atoms with Gasteiger partial charge in [-0.15, -0.1) is 0 Å². The van der Waals surface area contributed by atoms with Crippen LogP contribution in [0.4, 0.5) is 0 Å². The molecule has 1 amide bonds. The molecule has 2 aromatic carbocycles. The molecule has 10 heteroatoms. The van der Waals surface area contributed by atoms with Crippen molar-refractivity contribution in [2.75, 3.05) is 0 Å². The van der Waals surface area contributed by atoms with Gasteiger partial charge in [-0.2, -0.15) is 0 Å². The van der Waals surface area contributed by atoms with Crippen molar-refractivity contribution in [3.8, 4) is 5.75 Å². The van der Waals surface area contributed by atoms with E-state index in [4.69, 9.17) is 33.0 Å². The van der Waals surface area contributed by atoms with Crippen molar-refractivity contribution in [2.24, 2.45) is 5.92 Å². The number of rotatable bonds is 11. The molecular formula is C25H25Cl2NO7. The summed E-state index contributed by atoms with van der Waals surface area (Å²) in [6.45, 7) is 0. The summed E-state index contributed by atoms with van der Waals surface area (Å²) in [7, 11) is 0. The van der Waals surface area contributed by atoms with Crippen LogP contribution in [-0.2, 0) is 20.8 Å². The zero-order valence-electron chi connectivity index (χ0n) is 18.7. The molecule has 1 fully saturated rings. The average Bonchev–Trinajstić information content (AvgIpc) is 3.28. The fourth-order valence-corrected chi connectivity index (χ4v) is 4.47. The zero-order chi connectivity index (χ0) is 25.5. The fourth-order valence-electron chi connectivity index (χ4n) is 3.99. The Kier molecular flexibility index (Phi) is 9.12. The van der Waals surface area contributed by atoms with Gasteiger partial charge in [-0.25, -0.2) is 4.79 Å². The number of halogens is 2. The summed E-state index contributed by atoms with van der Waals surface area (Å²) >= 11 is 12.8. The van der Waals surface area contributed by atoms with Gasteiger partial charge in [0.2, 0.25) is 5.91 Å². The van der Waals surface area contributed by atoms with Gasteiger partial charge >= 0.3 is 11.9 Å². The predicted octanol–water partition coefficient (Wildman–Crippen LogP) is 4.40. The van der Waals surface area contributed by atoms with Gasteiger partial charge < -0.3 is 20.3 Å². The molecule has 35 heavy (non-hydrogen) atoms. The van der Waals surface area contributed by atoms with E-state index < -0.39 is 29.8 Å². The summed E-state index contributed by atoms with van der Waals surface area (Å²) in [6.07, 6.45) is 0.602. The third kappa shape index (κ3) is 7.19. The van der Waals surface area contributed by atoms with Crippen molar-refractivity contribution in [2.45, 2.75) is 50.7 Å². The van der Waals surface area contributed by atoms with Crippen molar-refractivity contribution in [1.82, 2.24) is 5.32 Å². The first-order chi connectivity index (χ1) is 16.7. The van der Waals surface area contributed by atoms with E-state index in [1.165, 1.54) is 0 Å². The number of carboxylic acids is 2. The molecule has 0 heterocycles. The number of carboxylic acid groups (broad SMARTS) is 2. The number of hydrogen-bond acceptors (Lipinski definition) is 5. The van der Waals surface area contributed by atoms with E-state index in [1.807, 2.05) is 30.3 Å². The first kappa shape index (κ1) is 26.5. The quantitative estimate of drug-likeness (QED) is 0.373. The van der Waals surface area contributed by atoms with Crippen molar-refractivity contribution in [3.05, 3.63) is 63.6 Å². The summed E-state index contributed by atoms with van der Waals surface area (Å²) in [6, 6.07) is 11.1. The average molecular weight is 522 g/mol. The van der Waals surface area contributed by atoms with E-state index >= 15 is 0 Å². The minimum Gasteiger partial charge on any atom is -0.489 e. The molecule has 8 nitrogen and oxygen atoms in total. The predicted molar refractivity (Wildman–Crippen MR) is 129 cm³/mol. The number of aliphatic carboxylic acids is 2. The van der Waals surface area contributed by atoms with Crippen LogP contribution in [0.5, 0.6) is 5.75 Å². The molecule has 1 aliphatic carbocycles. The molecule has 3 atom stereocenters. The van der Waals surface area contributed by atoms with Crippen LogP contribution in [0.3, 0.4) is 0 Å². The third-order valence-electron chi connectivity index (χ3n) is 5.87. The summed E-state index contributed by atoms with van der Waals surface area (Å²) in [5.41, 5.74) is 1.14. The summed E-state index contributed by atoms with van der Waals surface area (Å²) in [4.78, 5) is 47.3. The molecule has 0 aliphatic heterocycles. The second-order valence-corrected chi connectivity index (χ2v) is 9.16. The molecule has 0 bridgehead atoms. The van der Waals surface area contributed by atoms with Crippen molar-refractivity contribution < 1.29 is 34.1 Å². The van der Waals surface area contributed by atoms with Gasteiger partial charge in [0, 0.05) is 24.3 Å². The van der Waals surface area contributed by atoms with Gasteiger partial charge in [-0.1, -0.05) is 53.5 Å². The molecule has 0 aromatic heterocycles. The van der Waals surface area contributed by atoms with Crippen LogP contribution in [-0.4, -0.2) is 46.0 Å². The molecule has 1 saturated carbocycles. The summed E-state index contributed by atoms with van der Waals surface area (Å²) in [5, 5.41) is 20.6. The number of ketones is 1. The van der Waals surface area contributed by atoms with Crippen LogP contribution in [0.15, 0.2) is 42.5 Å². The second-order valence-electron chi connectivity index (χ2n) is 8.41. The minimum atomic E-state index is -1.28. The van der Waals surface area contributed by atoms with E-state index in [2.05, 4.69) is 5.32 Å². The van der Waals surface area contributed by atoms with Crippen LogP contribution in [0.1, 0.15) is 48.0 Å². The lowest BCUT2D eigenvalue weighted by Crippen LogP contribution is -2.43. The van der Waals surface area contributed by atoms with Gasteiger partial charge in [0.1, 0.15) is 16.8 Å². The normalized spacial score (nSPS) is 18.0. The van der Waals surface area contributed by atoms with Gasteiger partial charge in [-0.05, 0) is 43.4 Å². The minimum absolute atomic E-state index is 0.0973. The molecule has 186 valence electrons. The number of benzene rings is 2. The van der Waals surface area contributed by atoms with Crippen LogP contribution >= 0.6 is 23.2 Å². The Bertz CT molecular complexity index is 1110. The molecule has 1 unspecified atom stereocenters. The molecular weight excluding hydrogens is 497 g/mol. The maximum atomic E-state index is 12.7. The van der Waals surface area contributed by atoms with Gasteiger partial charge in [0.05, 0.1) is 11.1 Å². The zero-order valence-corrected chi connectivity index (χ0v) is 20.2. The second kappa shape index (κ2) is 12.0. The van der Waals surface area contributed by atoms with Crippen molar-refractivity contribution in [3.63, 3.8) is 0 Å². The number of ether oxygens (including phenoxy) is 1. The molecule has 0 spiro atoms. The van der Waals surface area contributed by atoms with Gasteiger partial charge in [-0.3, -0.25) is 14.4 Å². The molecule has 3 rings (SSSR count). The Balaban J connectivity index is 1.59. The van der Waals surface area contributed by atoms with Crippen LogP contribution < -0.4 is 10.1 Å². The molecule has 0 radical (unpaired) electrons. The van der Waals surface area contributed by atoms with E-state index in [1.54, 1.807) is 12.1 Å². The number of nitrogens with one attached hydrogen (secondary N) is 1. The largest absolute Gasteiger partial charge is 0.489 e. The lowest BCUT2D eigenvalue weighted by molar-refractivity contribution is -0.143. The Labute approximate surface area is 212 Å². The summed E-state index contributed by atoms with van der Waals surface area (Å²) in [5.74, 6) is -3.24. The lowest BCUT2D eigenvalue weighted by Gasteiger charge is -2.18. The van der Waals surface area contributed by atoms with E-state index in [0.717, 1.165) is 5.56 Å². The smallest absolute Gasteiger partial charge is 0.326 e. The highest BCUT2D eigenvalue weighted by Crippen LogP contribution is 2.38. The number of carbonyl (C=O) groups is 4. The highest BCUT2D eigenvalue weighted by Gasteiger charge is 2.34. The van der Waals surface area contributed by atoms with Crippen molar-refractivity contribution >= 4 is 46.8 Å². The first-order valence-corrected chi connectivity index (χ1v) is 11.9. The van der Waals surface area contributed by atoms with E-state index in [-0.39, 0.29) is 46.8 Å². The highest BCUT2D eigenvalue weighted by molar-refractivity contribution is 6.44. The summed E-state index contributed by atoms with van der Waals surface area (Å²) < 4.78 is 5.95. The molecule has 2 aromatic rings. The molecule has 3 N–H and O–H groups in total. The SMILES string of the molecule is O=C(O)CCC(NC(=O)[C@H]1CC[C@H](Oc2ccc(C(=O)Cc3ccccc3)c(Cl)c2Cl)C1)C(=O)O. The monoisotopic (exact) mass is 521 g/mol. The molecule has 1 aliphatic rings. The van der Waals surface area contributed by atoms with E-state index in [9.17, 15) is 24.3 Å². The standard InChI is InChI=1S/C25H25Cl2NO7/c26-22-17(19(29)12-14-4-2-1-3-5-14)8-10-20(23(22)27)35-16-7-6-15(13-16)24(32)28-18(25(33)34)9-11-21(30)31/h1-5,8,10,15-16,18H,6-7,9,11-13H2,(H,28,32)(H,30,31)(H,33,34)/t15-,16-,18?/m0/s1. The maximum absolute atomic E-state index is 12.7.